The predicted octanol–water partition coefficient (Wildman–Crippen LogP) is 7.23. The molecule has 0 aliphatic rings. The van der Waals surface area contributed by atoms with Gasteiger partial charge in [0.2, 0.25) is 0 Å². The molecule has 1 N–H and O–H groups in total. The Bertz CT molecular complexity index is 1190. The van der Waals surface area contributed by atoms with E-state index in [1.54, 1.807) is 0 Å². The van der Waals surface area contributed by atoms with E-state index in [2.05, 4.69) is 62.5 Å². The lowest BCUT2D eigenvalue weighted by atomic mass is 9.98. The minimum atomic E-state index is -0.124. The lowest BCUT2D eigenvalue weighted by molar-refractivity contribution is 0.102. The van der Waals surface area contributed by atoms with Crippen LogP contribution in [0.2, 0.25) is 0 Å². The van der Waals surface area contributed by atoms with Crippen LogP contribution in [0.25, 0.3) is 22.2 Å². The highest BCUT2D eigenvalue weighted by atomic mass is 16.1. The van der Waals surface area contributed by atoms with Gasteiger partial charge in [0.1, 0.15) is 0 Å². The lowest BCUT2D eigenvalue weighted by Gasteiger charge is -2.12. The van der Waals surface area contributed by atoms with Crippen molar-refractivity contribution in [2.75, 3.05) is 5.32 Å². The molecular formula is C28H28N2O. The summed E-state index contributed by atoms with van der Waals surface area (Å²) in [5.74, 6) is 0.386. The second-order valence-corrected chi connectivity index (χ2v) is 8.01. The molecule has 0 bridgehead atoms. The summed E-state index contributed by atoms with van der Waals surface area (Å²) in [6.07, 6.45) is 2.09. The molecule has 156 valence electrons. The summed E-state index contributed by atoms with van der Waals surface area (Å²) in [6, 6.07) is 26.2. The molecule has 3 heteroatoms. The molecule has 0 saturated heterocycles. The quantitative estimate of drug-likeness (QED) is 0.366. The molecule has 0 aliphatic heterocycles. The number of amides is 1. The zero-order valence-electron chi connectivity index (χ0n) is 18.4. The maximum absolute atomic E-state index is 13.2. The summed E-state index contributed by atoms with van der Waals surface area (Å²) in [4.78, 5) is 18.1. The number of para-hydroxylation sites is 1. The fraction of sp³-hybridized carbons (Fsp3) is 0.214. The van der Waals surface area contributed by atoms with Gasteiger partial charge in [-0.15, -0.1) is 0 Å². The molecule has 1 amide bonds. The van der Waals surface area contributed by atoms with Gasteiger partial charge in [-0.3, -0.25) is 4.79 Å². The smallest absolute Gasteiger partial charge is 0.256 e. The first-order chi connectivity index (χ1) is 15.1. The highest BCUT2D eigenvalue weighted by Crippen LogP contribution is 2.27. The second kappa shape index (κ2) is 9.13. The van der Waals surface area contributed by atoms with Gasteiger partial charge in [-0.25, -0.2) is 4.98 Å². The van der Waals surface area contributed by atoms with E-state index in [1.807, 2.05) is 42.5 Å². The van der Waals surface area contributed by atoms with Crippen LogP contribution in [0.15, 0.2) is 78.9 Å². The number of aromatic nitrogens is 1. The fourth-order valence-corrected chi connectivity index (χ4v) is 3.75. The molecule has 1 aromatic heterocycles. The van der Waals surface area contributed by atoms with E-state index in [1.165, 1.54) is 11.1 Å². The molecule has 0 spiro atoms. The normalized spacial score (nSPS) is 12.0. The molecule has 4 rings (SSSR count). The SMILES string of the molecule is CCc1ccc(-c2cc(C(=O)Nc3ccc([C@H](C)CC)cc3)c3ccccc3n2)cc1. The molecule has 3 aromatic carbocycles. The van der Waals surface area contributed by atoms with Crippen molar-refractivity contribution in [2.24, 2.45) is 0 Å². The number of anilines is 1. The van der Waals surface area contributed by atoms with Crippen LogP contribution in [0.1, 0.15) is 54.6 Å². The Kier molecular flexibility index (Phi) is 6.13. The Morgan fingerprint density at radius 1 is 0.935 bits per heavy atom. The van der Waals surface area contributed by atoms with Crippen LogP contribution in [0, 0.1) is 0 Å². The molecule has 0 saturated carbocycles. The molecule has 0 fully saturated rings. The third-order valence-electron chi connectivity index (χ3n) is 5.97. The Labute approximate surface area is 184 Å². The Morgan fingerprint density at radius 3 is 2.32 bits per heavy atom. The van der Waals surface area contributed by atoms with E-state index in [9.17, 15) is 4.79 Å². The van der Waals surface area contributed by atoms with Crippen molar-refractivity contribution < 1.29 is 4.79 Å². The molecule has 1 heterocycles. The molecule has 31 heavy (non-hydrogen) atoms. The maximum atomic E-state index is 13.2. The van der Waals surface area contributed by atoms with Gasteiger partial charge in [-0.05, 0) is 54.2 Å². The predicted molar refractivity (Wildman–Crippen MR) is 130 cm³/mol. The first kappa shape index (κ1) is 20.8. The number of nitrogens with zero attached hydrogens (tertiary/aromatic N) is 1. The number of hydrogen-bond donors (Lipinski definition) is 1. The highest BCUT2D eigenvalue weighted by molar-refractivity contribution is 6.13. The minimum Gasteiger partial charge on any atom is -0.322 e. The van der Waals surface area contributed by atoms with Gasteiger partial charge < -0.3 is 5.32 Å². The first-order valence-corrected chi connectivity index (χ1v) is 11.0. The molecule has 0 unspecified atom stereocenters. The zero-order valence-corrected chi connectivity index (χ0v) is 18.4. The average Bonchev–Trinajstić information content (AvgIpc) is 2.83. The van der Waals surface area contributed by atoms with Gasteiger partial charge in [0.15, 0.2) is 0 Å². The van der Waals surface area contributed by atoms with E-state index in [0.717, 1.165) is 40.7 Å². The van der Waals surface area contributed by atoms with Gasteiger partial charge in [-0.1, -0.05) is 75.4 Å². The summed E-state index contributed by atoms with van der Waals surface area (Å²) < 4.78 is 0. The van der Waals surface area contributed by atoms with E-state index < -0.39 is 0 Å². The fourth-order valence-electron chi connectivity index (χ4n) is 3.75. The minimum absolute atomic E-state index is 0.124. The number of carbonyl (C=O) groups is 1. The van der Waals surface area contributed by atoms with Crippen molar-refractivity contribution in [3.05, 3.63) is 95.6 Å². The van der Waals surface area contributed by atoms with E-state index in [-0.39, 0.29) is 5.91 Å². The van der Waals surface area contributed by atoms with Gasteiger partial charge in [-0.2, -0.15) is 0 Å². The van der Waals surface area contributed by atoms with E-state index in [4.69, 9.17) is 4.98 Å². The Balaban J connectivity index is 1.69. The van der Waals surface area contributed by atoms with Crippen molar-refractivity contribution in [3.63, 3.8) is 0 Å². The van der Waals surface area contributed by atoms with Crippen molar-refractivity contribution in [1.29, 1.82) is 0 Å². The van der Waals surface area contributed by atoms with Gasteiger partial charge >= 0.3 is 0 Å². The van der Waals surface area contributed by atoms with Crippen molar-refractivity contribution >= 4 is 22.5 Å². The first-order valence-electron chi connectivity index (χ1n) is 11.0. The second-order valence-electron chi connectivity index (χ2n) is 8.01. The number of hydrogen-bond acceptors (Lipinski definition) is 2. The van der Waals surface area contributed by atoms with Crippen LogP contribution in [-0.2, 0) is 6.42 Å². The lowest BCUT2D eigenvalue weighted by Crippen LogP contribution is -2.13. The number of nitrogens with one attached hydrogen (secondary N) is 1. The molecule has 4 aromatic rings. The topological polar surface area (TPSA) is 42.0 Å². The van der Waals surface area contributed by atoms with Gasteiger partial charge in [0.05, 0.1) is 16.8 Å². The van der Waals surface area contributed by atoms with Crippen molar-refractivity contribution in [1.82, 2.24) is 4.98 Å². The molecule has 0 radical (unpaired) electrons. The number of fused-ring (bicyclic) bond motifs is 1. The standard InChI is InChI=1S/C28H28N2O/c1-4-19(3)21-14-16-23(17-15-21)29-28(31)25-18-27(22-12-10-20(5-2)11-13-22)30-26-9-7-6-8-24(25)26/h6-19H,4-5H2,1-3H3,(H,29,31)/t19-/m1/s1. The van der Waals surface area contributed by atoms with Crippen LogP contribution in [0.3, 0.4) is 0 Å². The number of aryl methyl sites for hydroxylation is 1. The average molecular weight is 409 g/mol. The third kappa shape index (κ3) is 4.51. The molecule has 0 aliphatic carbocycles. The van der Waals surface area contributed by atoms with E-state index in [0.29, 0.717) is 11.5 Å². The van der Waals surface area contributed by atoms with Gasteiger partial charge in [0.25, 0.3) is 5.91 Å². The Hall–Kier alpha value is -3.46. The summed E-state index contributed by atoms with van der Waals surface area (Å²) in [6.45, 7) is 6.54. The maximum Gasteiger partial charge on any atom is 0.256 e. The van der Waals surface area contributed by atoms with Crippen LogP contribution < -0.4 is 5.32 Å². The van der Waals surface area contributed by atoms with Crippen LogP contribution in [-0.4, -0.2) is 10.9 Å². The molecule has 1 atom stereocenters. The third-order valence-corrected chi connectivity index (χ3v) is 5.97. The largest absolute Gasteiger partial charge is 0.322 e. The van der Waals surface area contributed by atoms with Gasteiger partial charge in [0, 0.05) is 16.6 Å². The summed E-state index contributed by atoms with van der Waals surface area (Å²) in [5.41, 5.74) is 6.62. The van der Waals surface area contributed by atoms with Crippen LogP contribution in [0.4, 0.5) is 5.69 Å². The summed E-state index contributed by atoms with van der Waals surface area (Å²) >= 11 is 0. The number of benzene rings is 3. The highest BCUT2D eigenvalue weighted by Gasteiger charge is 2.14. The van der Waals surface area contributed by atoms with Crippen molar-refractivity contribution in [2.45, 2.75) is 39.5 Å². The van der Waals surface area contributed by atoms with Crippen LogP contribution in [0.5, 0.6) is 0 Å². The number of carbonyl (C=O) groups excluding carboxylic acids is 1. The zero-order chi connectivity index (χ0) is 21.8. The van der Waals surface area contributed by atoms with E-state index >= 15 is 0 Å². The summed E-state index contributed by atoms with van der Waals surface area (Å²) in [7, 11) is 0. The monoisotopic (exact) mass is 408 g/mol. The van der Waals surface area contributed by atoms with Crippen molar-refractivity contribution in [3.8, 4) is 11.3 Å². The number of pyridine rings is 1. The number of rotatable bonds is 6. The Morgan fingerprint density at radius 2 is 1.65 bits per heavy atom. The molecular weight excluding hydrogens is 380 g/mol. The summed E-state index contributed by atoms with van der Waals surface area (Å²) in [5, 5.41) is 3.92. The molecule has 3 nitrogen and oxygen atoms in total. The van der Waals surface area contributed by atoms with Crippen LogP contribution >= 0.6 is 0 Å².